The molecule has 6 heteroatoms. The van der Waals surface area contributed by atoms with Crippen molar-refractivity contribution in [3.05, 3.63) is 23.7 Å². The summed E-state index contributed by atoms with van der Waals surface area (Å²) in [5.74, 6) is 5.87. The smallest absolute Gasteiger partial charge is 0.287 e. The highest BCUT2D eigenvalue weighted by Gasteiger charge is 2.39. The highest BCUT2D eigenvalue weighted by Crippen LogP contribution is 2.32. The summed E-state index contributed by atoms with van der Waals surface area (Å²) in [6.07, 6.45) is 2.70. The highest BCUT2D eigenvalue weighted by molar-refractivity contribution is 5.91. The van der Waals surface area contributed by atoms with E-state index in [1.807, 2.05) is 4.90 Å². The maximum absolute atomic E-state index is 12.1. The van der Waals surface area contributed by atoms with Crippen LogP contribution in [0.25, 0.3) is 0 Å². The third kappa shape index (κ3) is 4.18. The quantitative estimate of drug-likeness (QED) is 0.811. The van der Waals surface area contributed by atoms with Crippen molar-refractivity contribution < 1.29 is 19.1 Å². The molecule has 1 aromatic heterocycles. The molecule has 2 fully saturated rings. The second-order valence-corrected chi connectivity index (χ2v) is 7.03. The van der Waals surface area contributed by atoms with Gasteiger partial charge in [-0.15, -0.1) is 0 Å². The maximum atomic E-state index is 12.1. The first-order valence-corrected chi connectivity index (χ1v) is 8.25. The van der Waals surface area contributed by atoms with E-state index < -0.39 is 5.60 Å². The number of hydrogen-bond donors (Lipinski definition) is 2. The zero-order valence-corrected chi connectivity index (χ0v) is 14.0. The summed E-state index contributed by atoms with van der Waals surface area (Å²) in [5.41, 5.74) is -1.11. The van der Waals surface area contributed by atoms with Gasteiger partial charge in [0.25, 0.3) is 5.91 Å². The summed E-state index contributed by atoms with van der Waals surface area (Å²) in [4.78, 5) is 26.0. The first-order chi connectivity index (χ1) is 11.3. The van der Waals surface area contributed by atoms with Gasteiger partial charge in [-0.3, -0.25) is 9.59 Å². The van der Waals surface area contributed by atoms with E-state index in [2.05, 4.69) is 17.2 Å². The minimum Gasteiger partial charge on any atom is -0.443 e. The van der Waals surface area contributed by atoms with Gasteiger partial charge < -0.3 is 19.7 Å². The molecule has 0 aromatic carbocycles. The van der Waals surface area contributed by atoms with Crippen molar-refractivity contribution in [2.45, 2.75) is 44.8 Å². The topological polar surface area (TPSA) is 82.8 Å². The number of carbonyl (C=O) groups is 2. The molecule has 6 nitrogen and oxygen atoms in total. The Morgan fingerprint density at radius 2 is 2.21 bits per heavy atom. The van der Waals surface area contributed by atoms with Crippen molar-refractivity contribution in [2.24, 2.45) is 5.92 Å². The van der Waals surface area contributed by atoms with Gasteiger partial charge >= 0.3 is 0 Å². The molecular weight excluding hydrogens is 308 g/mol. The molecule has 1 aromatic rings. The molecule has 0 radical (unpaired) electrons. The molecule has 3 rings (SSSR count). The van der Waals surface area contributed by atoms with Crippen molar-refractivity contribution in [2.75, 3.05) is 13.1 Å². The Kier molecular flexibility index (Phi) is 4.37. The van der Waals surface area contributed by atoms with Gasteiger partial charge in [-0.2, -0.15) is 0 Å². The molecule has 2 amide bonds. The van der Waals surface area contributed by atoms with Gasteiger partial charge in [0.05, 0.1) is 0 Å². The van der Waals surface area contributed by atoms with Crippen LogP contribution in [-0.4, -0.2) is 46.6 Å². The summed E-state index contributed by atoms with van der Waals surface area (Å²) < 4.78 is 5.37. The Morgan fingerprint density at radius 1 is 1.46 bits per heavy atom. The highest BCUT2D eigenvalue weighted by atomic mass is 16.3. The van der Waals surface area contributed by atoms with Crippen LogP contribution in [0.5, 0.6) is 0 Å². The lowest BCUT2D eigenvalue weighted by Crippen LogP contribution is -2.31. The van der Waals surface area contributed by atoms with Crippen LogP contribution in [0.2, 0.25) is 0 Å². The van der Waals surface area contributed by atoms with Gasteiger partial charge in [0.1, 0.15) is 5.60 Å². The van der Waals surface area contributed by atoms with Crippen LogP contribution in [-0.2, 0) is 4.79 Å². The van der Waals surface area contributed by atoms with Crippen molar-refractivity contribution in [3.8, 4) is 11.8 Å². The molecule has 1 saturated carbocycles. The molecule has 0 unspecified atom stereocenters. The largest absolute Gasteiger partial charge is 0.443 e. The Hall–Kier alpha value is -2.26. The van der Waals surface area contributed by atoms with E-state index in [1.165, 1.54) is 0 Å². The summed E-state index contributed by atoms with van der Waals surface area (Å²) in [6, 6.07) is 3.59. The van der Waals surface area contributed by atoms with Crippen LogP contribution in [0.1, 0.15) is 49.4 Å². The van der Waals surface area contributed by atoms with Crippen LogP contribution in [0.4, 0.5) is 0 Å². The first kappa shape index (κ1) is 16.6. The maximum Gasteiger partial charge on any atom is 0.287 e. The van der Waals surface area contributed by atoms with Crippen molar-refractivity contribution in [1.82, 2.24) is 10.2 Å². The molecule has 0 bridgehead atoms. The number of carbonyl (C=O) groups excluding carboxylic acids is 2. The van der Waals surface area contributed by atoms with Gasteiger partial charge in [-0.25, -0.2) is 0 Å². The fourth-order valence-electron chi connectivity index (χ4n) is 2.75. The normalized spacial score (nSPS) is 20.7. The third-order valence-electron chi connectivity index (χ3n) is 4.10. The number of furan rings is 1. The number of nitrogens with one attached hydrogen (secondary N) is 1. The second kappa shape index (κ2) is 6.33. The van der Waals surface area contributed by atoms with E-state index in [4.69, 9.17) is 4.42 Å². The second-order valence-electron chi connectivity index (χ2n) is 7.03. The predicted molar refractivity (Wildman–Crippen MR) is 87.1 cm³/mol. The van der Waals surface area contributed by atoms with Crippen molar-refractivity contribution in [1.29, 1.82) is 0 Å². The molecule has 0 spiro atoms. The zero-order valence-electron chi connectivity index (χ0n) is 14.0. The van der Waals surface area contributed by atoms with E-state index in [-0.39, 0.29) is 23.5 Å². The third-order valence-corrected chi connectivity index (χ3v) is 4.10. The van der Waals surface area contributed by atoms with Crippen molar-refractivity contribution in [3.63, 3.8) is 0 Å². The van der Waals surface area contributed by atoms with Crippen LogP contribution in [0.3, 0.4) is 0 Å². The molecule has 2 N–H and O–H groups in total. The number of rotatable bonds is 4. The molecular formula is C18H22N2O4. The van der Waals surface area contributed by atoms with E-state index in [1.54, 1.807) is 26.0 Å². The van der Waals surface area contributed by atoms with Crippen LogP contribution >= 0.6 is 0 Å². The number of likely N-dealkylation sites (tertiary alicyclic amines) is 1. The average molecular weight is 330 g/mol. The molecule has 1 aliphatic heterocycles. The van der Waals surface area contributed by atoms with Gasteiger partial charge in [0.2, 0.25) is 5.91 Å². The summed E-state index contributed by atoms with van der Waals surface area (Å²) >= 11 is 0. The average Bonchev–Trinajstić information content (AvgIpc) is 3.11. The van der Waals surface area contributed by atoms with E-state index in [0.29, 0.717) is 24.8 Å². The van der Waals surface area contributed by atoms with Gasteiger partial charge in [0, 0.05) is 31.5 Å². The molecule has 128 valence electrons. The lowest BCUT2D eigenvalue weighted by Gasteiger charge is -2.15. The van der Waals surface area contributed by atoms with Gasteiger partial charge in [-0.1, -0.05) is 5.92 Å². The van der Waals surface area contributed by atoms with Crippen LogP contribution in [0.15, 0.2) is 16.5 Å². The Bertz CT molecular complexity index is 701. The summed E-state index contributed by atoms with van der Waals surface area (Å²) in [6.45, 7) is 4.33. The molecule has 1 atom stereocenters. The lowest BCUT2D eigenvalue weighted by atomic mass is 10.1. The fraction of sp³-hybridized carbons (Fsp3) is 0.556. The Labute approximate surface area is 141 Å². The van der Waals surface area contributed by atoms with E-state index >= 15 is 0 Å². The monoisotopic (exact) mass is 330 g/mol. The minimum atomic E-state index is -1.11. The molecule has 2 heterocycles. The van der Waals surface area contributed by atoms with Gasteiger partial charge in [-0.05, 0) is 44.7 Å². The molecule has 1 aliphatic carbocycles. The molecule has 1 saturated heterocycles. The zero-order chi connectivity index (χ0) is 17.3. The number of aliphatic hydroxyl groups is 1. The van der Waals surface area contributed by atoms with Gasteiger partial charge in [0.15, 0.2) is 11.5 Å². The number of nitrogens with zero attached hydrogens (tertiary/aromatic N) is 1. The standard InChI is InChI=1S/C18H22N2O4/c1-18(2,23)8-7-14-5-6-15(24-14)17(22)19-10-12-9-16(21)20(11-12)13-3-4-13/h5-6,12-13,23H,3-4,9-11H2,1-2H3,(H,19,22)/t12-/m1/s1. The van der Waals surface area contributed by atoms with Crippen molar-refractivity contribution >= 4 is 11.8 Å². The first-order valence-electron chi connectivity index (χ1n) is 8.25. The predicted octanol–water partition coefficient (Wildman–Crippen LogP) is 1.14. The number of amides is 2. The molecule has 24 heavy (non-hydrogen) atoms. The Morgan fingerprint density at radius 3 is 2.88 bits per heavy atom. The number of hydrogen-bond acceptors (Lipinski definition) is 4. The Balaban J connectivity index is 1.51. The van der Waals surface area contributed by atoms with Crippen LogP contribution < -0.4 is 5.32 Å². The van der Waals surface area contributed by atoms with E-state index in [0.717, 1.165) is 19.4 Å². The summed E-state index contributed by atoms with van der Waals surface area (Å²) in [5, 5.41) is 12.4. The fourth-order valence-corrected chi connectivity index (χ4v) is 2.75. The SMILES string of the molecule is CC(C)(O)C#Cc1ccc(C(=O)NC[C@H]2CC(=O)N(C3CC3)C2)o1. The minimum absolute atomic E-state index is 0.159. The summed E-state index contributed by atoms with van der Waals surface area (Å²) in [7, 11) is 0. The van der Waals surface area contributed by atoms with E-state index in [9.17, 15) is 14.7 Å². The lowest BCUT2D eigenvalue weighted by molar-refractivity contribution is -0.128. The van der Waals surface area contributed by atoms with Crippen LogP contribution in [0, 0.1) is 17.8 Å². The molecule has 2 aliphatic rings.